The number of rotatable bonds is 10. The van der Waals surface area contributed by atoms with Crippen LogP contribution in [0.3, 0.4) is 0 Å². The van der Waals surface area contributed by atoms with E-state index in [1.165, 1.54) is 6.07 Å². The first-order chi connectivity index (χ1) is 15.9. The van der Waals surface area contributed by atoms with Crippen molar-refractivity contribution < 1.29 is 25.0 Å². The predicted molar refractivity (Wildman–Crippen MR) is 136 cm³/mol. The van der Waals surface area contributed by atoms with Crippen molar-refractivity contribution in [3.63, 3.8) is 0 Å². The molecule has 34 heavy (non-hydrogen) atoms. The van der Waals surface area contributed by atoms with E-state index in [0.717, 1.165) is 29.9 Å². The van der Waals surface area contributed by atoms with E-state index in [1.54, 1.807) is 6.07 Å². The molecule has 0 radical (unpaired) electrons. The van der Waals surface area contributed by atoms with Gasteiger partial charge in [-0.05, 0) is 61.4 Å². The van der Waals surface area contributed by atoms with E-state index in [-0.39, 0.29) is 29.3 Å². The summed E-state index contributed by atoms with van der Waals surface area (Å²) in [7, 11) is 0. The lowest BCUT2D eigenvalue weighted by Gasteiger charge is -2.30. The number of oxime groups is 1. The maximum absolute atomic E-state index is 11.4. The number of aromatic carboxylic acids is 1. The fraction of sp³-hybridized carbons (Fsp3) is 0.481. The number of anilines is 1. The maximum Gasteiger partial charge on any atom is 0.339 e. The summed E-state index contributed by atoms with van der Waals surface area (Å²) >= 11 is 0. The fourth-order valence-corrected chi connectivity index (χ4v) is 4.00. The summed E-state index contributed by atoms with van der Waals surface area (Å²) in [6.45, 7) is 16.4. The molecule has 0 aliphatic rings. The molecule has 2 rings (SSSR count). The van der Waals surface area contributed by atoms with Crippen LogP contribution in [0, 0.1) is 5.92 Å². The van der Waals surface area contributed by atoms with Gasteiger partial charge < -0.3 is 25.1 Å². The molecule has 0 bridgehead atoms. The number of nitrogens with zero attached hydrogens (tertiary/aromatic N) is 2. The smallest absolute Gasteiger partial charge is 0.339 e. The lowest BCUT2D eigenvalue weighted by molar-refractivity contribution is 0.0693. The number of aromatic hydroxyl groups is 1. The van der Waals surface area contributed by atoms with E-state index in [1.807, 2.05) is 32.0 Å². The Hall–Kier alpha value is -3.22. The quantitative estimate of drug-likeness (QED) is 0.234. The van der Waals surface area contributed by atoms with Gasteiger partial charge in [-0.1, -0.05) is 45.8 Å². The summed E-state index contributed by atoms with van der Waals surface area (Å²) in [4.78, 5) is 13.7. The average molecular weight is 471 g/mol. The zero-order chi connectivity index (χ0) is 25.6. The van der Waals surface area contributed by atoms with E-state index in [9.17, 15) is 20.2 Å². The second-order valence-electron chi connectivity index (χ2n) is 9.83. The molecule has 0 saturated carbocycles. The van der Waals surface area contributed by atoms with E-state index in [2.05, 4.69) is 44.7 Å². The fourth-order valence-electron chi connectivity index (χ4n) is 4.00. The van der Waals surface area contributed by atoms with E-state index < -0.39 is 5.97 Å². The Morgan fingerprint density at radius 1 is 1.12 bits per heavy atom. The van der Waals surface area contributed by atoms with Crippen molar-refractivity contribution in [2.24, 2.45) is 11.1 Å². The topological polar surface area (TPSA) is 103 Å². The molecule has 0 heterocycles. The van der Waals surface area contributed by atoms with Crippen molar-refractivity contribution >= 4 is 17.4 Å². The minimum Gasteiger partial charge on any atom is -0.507 e. The molecule has 0 spiro atoms. The summed E-state index contributed by atoms with van der Waals surface area (Å²) in [6, 6.07) is 8.86. The highest BCUT2D eigenvalue weighted by Crippen LogP contribution is 2.35. The van der Waals surface area contributed by atoms with Crippen molar-refractivity contribution in [3.05, 3.63) is 52.6 Å². The van der Waals surface area contributed by atoms with Gasteiger partial charge in [0, 0.05) is 29.9 Å². The van der Waals surface area contributed by atoms with Gasteiger partial charge in [0.25, 0.3) is 0 Å². The van der Waals surface area contributed by atoms with Crippen LogP contribution in [0.25, 0.3) is 0 Å². The van der Waals surface area contributed by atoms with Crippen molar-refractivity contribution in [2.45, 2.75) is 60.3 Å². The monoisotopic (exact) mass is 470 g/mol. The first-order valence-electron chi connectivity index (χ1n) is 11.8. The Balaban J connectivity index is 2.42. The Labute approximate surface area is 202 Å². The molecule has 3 N–H and O–H groups in total. The van der Waals surface area contributed by atoms with Crippen LogP contribution in [-0.4, -0.2) is 46.8 Å². The number of benzene rings is 2. The lowest BCUT2D eigenvalue weighted by Crippen LogP contribution is -2.27. The van der Waals surface area contributed by atoms with E-state index in [0.29, 0.717) is 23.4 Å². The van der Waals surface area contributed by atoms with Crippen LogP contribution >= 0.6 is 0 Å². The third-order valence-electron chi connectivity index (χ3n) is 5.81. The van der Waals surface area contributed by atoms with Crippen molar-refractivity contribution in [1.29, 1.82) is 0 Å². The van der Waals surface area contributed by atoms with Gasteiger partial charge in [-0.3, -0.25) is 0 Å². The molecule has 0 atom stereocenters. The summed E-state index contributed by atoms with van der Waals surface area (Å²) in [5.41, 5.74) is 3.50. The Bertz CT molecular complexity index is 1030. The van der Waals surface area contributed by atoms with Gasteiger partial charge >= 0.3 is 5.97 Å². The van der Waals surface area contributed by atoms with Gasteiger partial charge in [-0.25, -0.2) is 4.79 Å². The Morgan fingerprint density at radius 2 is 1.76 bits per heavy atom. The molecule has 0 saturated heterocycles. The van der Waals surface area contributed by atoms with Crippen molar-refractivity contribution in [3.8, 4) is 11.5 Å². The van der Waals surface area contributed by atoms with Gasteiger partial charge in [0.2, 0.25) is 0 Å². The summed E-state index contributed by atoms with van der Waals surface area (Å²) in [6.07, 6.45) is 0.445. The number of hydrogen-bond donors (Lipinski definition) is 3. The number of carbonyl (C=O) groups is 1. The van der Waals surface area contributed by atoms with Gasteiger partial charge in [0.1, 0.15) is 29.4 Å². The Kier molecular flexibility index (Phi) is 8.96. The van der Waals surface area contributed by atoms with Crippen LogP contribution in [-0.2, 0) is 11.8 Å². The molecule has 0 aromatic heterocycles. The van der Waals surface area contributed by atoms with Gasteiger partial charge in [0.05, 0.1) is 0 Å². The molecule has 2 aromatic carbocycles. The normalized spacial score (nSPS) is 12.2. The number of carboxylic acids is 1. The zero-order valence-electron chi connectivity index (χ0n) is 21.3. The lowest BCUT2D eigenvalue weighted by atomic mass is 9.84. The van der Waals surface area contributed by atoms with Gasteiger partial charge in [0.15, 0.2) is 0 Å². The maximum atomic E-state index is 11.4. The number of ether oxygens (including phenoxy) is 1. The SMILES string of the molecule is CCN(CC)c1ccc(C(COc2ccc(C(=O)O)c(O)c2CC(C)C)=NO)cc1C(C)(C)C. The first kappa shape index (κ1) is 27.0. The van der Waals surface area contributed by atoms with Crippen LogP contribution in [0.4, 0.5) is 5.69 Å². The highest BCUT2D eigenvalue weighted by atomic mass is 16.5. The molecular formula is C27H38N2O5. The number of hydrogen-bond acceptors (Lipinski definition) is 6. The van der Waals surface area contributed by atoms with Crippen LogP contribution in [0.2, 0.25) is 0 Å². The van der Waals surface area contributed by atoms with Crippen molar-refractivity contribution in [2.75, 3.05) is 24.6 Å². The molecule has 0 aliphatic heterocycles. The molecule has 0 aliphatic carbocycles. The van der Waals surface area contributed by atoms with E-state index in [4.69, 9.17) is 4.74 Å². The summed E-state index contributed by atoms with van der Waals surface area (Å²) in [5.74, 6) is -0.951. The zero-order valence-corrected chi connectivity index (χ0v) is 21.3. The van der Waals surface area contributed by atoms with Crippen LogP contribution in [0.15, 0.2) is 35.5 Å². The molecule has 186 valence electrons. The third kappa shape index (κ3) is 6.22. The molecular weight excluding hydrogens is 432 g/mol. The van der Waals surface area contributed by atoms with E-state index >= 15 is 0 Å². The highest BCUT2D eigenvalue weighted by molar-refractivity contribution is 6.02. The second-order valence-corrected chi connectivity index (χ2v) is 9.83. The minimum atomic E-state index is -1.20. The summed E-state index contributed by atoms with van der Waals surface area (Å²) < 4.78 is 5.95. The Morgan fingerprint density at radius 3 is 2.26 bits per heavy atom. The predicted octanol–water partition coefficient (Wildman–Crippen LogP) is 5.69. The van der Waals surface area contributed by atoms with Crippen LogP contribution in [0.5, 0.6) is 11.5 Å². The highest BCUT2D eigenvalue weighted by Gasteiger charge is 2.23. The average Bonchev–Trinajstić information content (AvgIpc) is 2.76. The third-order valence-corrected chi connectivity index (χ3v) is 5.81. The molecule has 7 nitrogen and oxygen atoms in total. The minimum absolute atomic E-state index is 0.0400. The van der Waals surface area contributed by atoms with Crippen molar-refractivity contribution in [1.82, 2.24) is 0 Å². The molecule has 2 aromatic rings. The van der Waals surface area contributed by atoms with Gasteiger partial charge in [-0.2, -0.15) is 0 Å². The van der Waals surface area contributed by atoms with Crippen LogP contribution < -0.4 is 9.64 Å². The standard InChI is InChI=1S/C27H38N2O5/c1-8-29(9-2)23-12-10-18(15-21(23)27(5,6)7)22(28-33)16-34-24-13-11-19(26(31)32)25(30)20(24)14-17(3)4/h10-13,15,17,30,33H,8-9,14,16H2,1-7H3,(H,31,32). The molecule has 7 heteroatoms. The first-order valence-corrected chi connectivity index (χ1v) is 11.8. The largest absolute Gasteiger partial charge is 0.507 e. The number of carboxylic acid groups (broad SMARTS) is 1. The van der Waals surface area contributed by atoms with Crippen LogP contribution in [0.1, 0.15) is 75.5 Å². The van der Waals surface area contributed by atoms with Gasteiger partial charge in [-0.15, -0.1) is 0 Å². The second kappa shape index (κ2) is 11.3. The summed E-state index contributed by atoms with van der Waals surface area (Å²) in [5, 5.41) is 33.2. The number of phenols is 1. The molecule has 0 amide bonds. The molecule has 0 unspecified atom stereocenters. The molecule has 0 fully saturated rings.